The summed E-state index contributed by atoms with van der Waals surface area (Å²) >= 11 is 0. The molecule has 0 aromatic heterocycles. The van der Waals surface area contributed by atoms with Crippen LogP contribution in [-0.4, -0.2) is 87.5 Å². The van der Waals surface area contributed by atoms with Crippen LogP contribution in [0.3, 0.4) is 0 Å². The Balaban J connectivity index is 0.00000312. The first-order valence-corrected chi connectivity index (χ1v) is 9.54. The zero-order valence-electron chi connectivity index (χ0n) is 16.4. The van der Waals surface area contributed by atoms with Gasteiger partial charge < -0.3 is 19.7 Å². The topological polar surface area (TPSA) is 49.3 Å². The summed E-state index contributed by atoms with van der Waals surface area (Å²) in [6.45, 7) is 14.2. The van der Waals surface area contributed by atoms with Crippen LogP contribution in [-0.2, 0) is 9.47 Å². The number of likely N-dealkylation sites (tertiary alicyclic amines) is 1. The van der Waals surface area contributed by atoms with Crippen molar-refractivity contribution < 1.29 is 9.47 Å². The van der Waals surface area contributed by atoms with Crippen molar-refractivity contribution in [3.63, 3.8) is 0 Å². The third kappa shape index (κ3) is 7.19. The van der Waals surface area contributed by atoms with Crippen molar-refractivity contribution in [1.82, 2.24) is 15.1 Å². The standard InChI is InChI=1S/C18H36N4O2.HI/c1-5-24-17(15(2)3)6-8-20-18(19-4)22-9-7-16(14-22)21-10-12-23-13-11-21;/h15-17H,5-14H2,1-4H3,(H,19,20);1H. The molecular formula is C18H37IN4O2. The quantitative estimate of drug-likeness (QED) is 0.352. The van der Waals surface area contributed by atoms with Gasteiger partial charge in [-0.2, -0.15) is 0 Å². The predicted octanol–water partition coefficient (Wildman–Crippen LogP) is 2.04. The fraction of sp³-hybridized carbons (Fsp3) is 0.944. The lowest BCUT2D eigenvalue weighted by Gasteiger charge is -2.32. The van der Waals surface area contributed by atoms with E-state index in [1.165, 1.54) is 6.42 Å². The normalized spacial score (nSPS) is 23.6. The van der Waals surface area contributed by atoms with Crippen LogP contribution in [0.1, 0.15) is 33.6 Å². The molecular weight excluding hydrogens is 431 g/mol. The van der Waals surface area contributed by atoms with E-state index in [9.17, 15) is 0 Å². The van der Waals surface area contributed by atoms with Crippen molar-refractivity contribution >= 4 is 29.9 Å². The lowest BCUT2D eigenvalue weighted by atomic mass is 10.0. The Kier molecular flexibility index (Phi) is 11.3. The second-order valence-electron chi connectivity index (χ2n) is 7.04. The van der Waals surface area contributed by atoms with Crippen LogP contribution in [0, 0.1) is 5.92 Å². The van der Waals surface area contributed by atoms with Crippen molar-refractivity contribution in [3.05, 3.63) is 0 Å². The maximum Gasteiger partial charge on any atom is 0.193 e. The van der Waals surface area contributed by atoms with Gasteiger partial charge in [-0.1, -0.05) is 13.8 Å². The minimum atomic E-state index is 0. The van der Waals surface area contributed by atoms with Crippen molar-refractivity contribution in [3.8, 4) is 0 Å². The van der Waals surface area contributed by atoms with E-state index in [0.29, 0.717) is 18.1 Å². The third-order valence-corrected chi connectivity index (χ3v) is 5.07. The fourth-order valence-corrected chi connectivity index (χ4v) is 3.66. The molecule has 2 atom stereocenters. The highest BCUT2D eigenvalue weighted by atomic mass is 127. The number of morpholine rings is 1. The molecule has 2 rings (SSSR count). The van der Waals surface area contributed by atoms with Gasteiger partial charge in [-0.15, -0.1) is 24.0 Å². The van der Waals surface area contributed by atoms with Gasteiger partial charge in [-0.3, -0.25) is 9.89 Å². The maximum absolute atomic E-state index is 5.83. The Morgan fingerprint density at radius 3 is 2.60 bits per heavy atom. The highest BCUT2D eigenvalue weighted by Gasteiger charge is 2.30. The molecule has 2 unspecified atom stereocenters. The zero-order chi connectivity index (χ0) is 17.4. The van der Waals surface area contributed by atoms with E-state index in [1.54, 1.807) is 0 Å². The van der Waals surface area contributed by atoms with Crippen LogP contribution in [0.25, 0.3) is 0 Å². The van der Waals surface area contributed by atoms with Gasteiger partial charge in [0, 0.05) is 52.4 Å². The van der Waals surface area contributed by atoms with E-state index in [0.717, 1.165) is 64.9 Å². The number of ether oxygens (including phenoxy) is 2. The first-order chi connectivity index (χ1) is 11.7. The summed E-state index contributed by atoms with van der Waals surface area (Å²) in [6, 6.07) is 0.638. The Bertz CT molecular complexity index is 389. The SMILES string of the molecule is CCOC(CCNC(=NC)N1CCC(N2CCOCC2)C1)C(C)C.I. The highest BCUT2D eigenvalue weighted by molar-refractivity contribution is 14.0. The number of rotatable bonds is 7. The number of halogens is 1. The molecule has 148 valence electrons. The lowest BCUT2D eigenvalue weighted by molar-refractivity contribution is 0.0194. The zero-order valence-corrected chi connectivity index (χ0v) is 18.7. The van der Waals surface area contributed by atoms with E-state index in [2.05, 4.69) is 40.9 Å². The van der Waals surface area contributed by atoms with Gasteiger partial charge in [0.25, 0.3) is 0 Å². The maximum atomic E-state index is 5.83. The van der Waals surface area contributed by atoms with E-state index >= 15 is 0 Å². The summed E-state index contributed by atoms with van der Waals surface area (Å²) in [5.41, 5.74) is 0. The monoisotopic (exact) mass is 468 g/mol. The molecule has 7 heteroatoms. The van der Waals surface area contributed by atoms with Gasteiger partial charge in [0.2, 0.25) is 0 Å². The summed E-state index contributed by atoms with van der Waals surface area (Å²) in [6.07, 6.45) is 2.56. The number of guanidine groups is 1. The molecule has 1 N–H and O–H groups in total. The highest BCUT2D eigenvalue weighted by Crippen LogP contribution is 2.17. The van der Waals surface area contributed by atoms with E-state index in [-0.39, 0.29) is 24.0 Å². The van der Waals surface area contributed by atoms with Crippen molar-refractivity contribution in [2.75, 3.05) is 59.6 Å². The molecule has 0 bridgehead atoms. The number of nitrogens with one attached hydrogen (secondary N) is 1. The molecule has 2 heterocycles. The van der Waals surface area contributed by atoms with Crippen LogP contribution in [0.15, 0.2) is 4.99 Å². The van der Waals surface area contributed by atoms with Crippen LogP contribution in [0.5, 0.6) is 0 Å². The Hall–Kier alpha value is -0.120. The third-order valence-electron chi connectivity index (χ3n) is 5.07. The molecule has 0 amide bonds. The summed E-state index contributed by atoms with van der Waals surface area (Å²) in [7, 11) is 1.88. The summed E-state index contributed by atoms with van der Waals surface area (Å²) in [5.74, 6) is 1.58. The smallest absolute Gasteiger partial charge is 0.193 e. The Morgan fingerprint density at radius 1 is 1.28 bits per heavy atom. The van der Waals surface area contributed by atoms with Crippen LogP contribution in [0.2, 0.25) is 0 Å². The molecule has 0 saturated carbocycles. The average molecular weight is 468 g/mol. The van der Waals surface area contributed by atoms with Gasteiger partial charge in [0.15, 0.2) is 5.96 Å². The molecule has 0 radical (unpaired) electrons. The molecule has 2 saturated heterocycles. The number of hydrogen-bond donors (Lipinski definition) is 1. The van der Waals surface area contributed by atoms with Crippen molar-refractivity contribution in [1.29, 1.82) is 0 Å². The van der Waals surface area contributed by atoms with Gasteiger partial charge in [0.1, 0.15) is 0 Å². The van der Waals surface area contributed by atoms with Gasteiger partial charge in [-0.05, 0) is 25.7 Å². The van der Waals surface area contributed by atoms with Gasteiger partial charge in [0.05, 0.1) is 19.3 Å². The molecule has 0 spiro atoms. The van der Waals surface area contributed by atoms with Gasteiger partial charge >= 0.3 is 0 Å². The minimum Gasteiger partial charge on any atom is -0.379 e. The molecule has 2 fully saturated rings. The van der Waals surface area contributed by atoms with Crippen molar-refractivity contribution in [2.24, 2.45) is 10.9 Å². The molecule has 25 heavy (non-hydrogen) atoms. The summed E-state index contributed by atoms with van der Waals surface area (Å²) < 4.78 is 11.3. The molecule has 0 aliphatic carbocycles. The molecule has 2 aliphatic rings. The number of hydrogen-bond acceptors (Lipinski definition) is 4. The van der Waals surface area contributed by atoms with Crippen molar-refractivity contribution in [2.45, 2.75) is 45.8 Å². The number of nitrogens with zero attached hydrogens (tertiary/aromatic N) is 3. The molecule has 6 nitrogen and oxygen atoms in total. The van der Waals surface area contributed by atoms with Gasteiger partial charge in [-0.25, -0.2) is 0 Å². The van der Waals surface area contributed by atoms with Crippen LogP contribution >= 0.6 is 24.0 Å². The van der Waals surface area contributed by atoms with E-state index < -0.39 is 0 Å². The van der Waals surface area contributed by atoms with E-state index in [4.69, 9.17) is 9.47 Å². The second kappa shape index (κ2) is 12.3. The lowest BCUT2D eigenvalue weighted by Crippen LogP contribution is -2.47. The Morgan fingerprint density at radius 2 is 2.00 bits per heavy atom. The minimum absolute atomic E-state index is 0. The fourth-order valence-electron chi connectivity index (χ4n) is 3.66. The molecule has 0 aromatic rings. The van der Waals surface area contributed by atoms with E-state index in [1.807, 2.05) is 7.05 Å². The summed E-state index contributed by atoms with van der Waals surface area (Å²) in [5, 5.41) is 3.53. The average Bonchev–Trinajstić information content (AvgIpc) is 3.08. The van der Waals surface area contributed by atoms with Crippen LogP contribution in [0.4, 0.5) is 0 Å². The number of aliphatic imine (C=N–C) groups is 1. The van der Waals surface area contributed by atoms with Crippen LogP contribution < -0.4 is 5.32 Å². The first kappa shape index (κ1) is 22.9. The predicted molar refractivity (Wildman–Crippen MR) is 114 cm³/mol. The largest absolute Gasteiger partial charge is 0.379 e. The first-order valence-electron chi connectivity index (χ1n) is 9.54. The second-order valence-corrected chi connectivity index (χ2v) is 7.04. The summed E-state index contributed by atoms with van der Waals surface area (Å²) in [4.78, 5) is 9.45. The Labute approximate surface area is 170 Å². The molecule has 0 aromatic carbocycles. The molecule has 2 aliphatic heterocycles.